The van der Waals surface area contributed by atoms with E-state index in [1.165, 1.54) is 12.8 Å². The lowest BCUT2D eigenvalue weighted by atomic mass is 9.85. The van der Waals surface area contributed by atoms with Gasteiger partial charge in [-0.15, -0.1) is 0 Å². The van der Waals surface area contributed by atoms with Crippen molar-refractivity contribution in [2.45, 2.75) is 32.6 Å². The predicted molar refractivity (Wildman–Crippen MR) is 82.8 cm³/mol. The smallest absolute Gasteiger partial charge is 0.322 e. The Morgan fingerprint density at radius 1 is 1.19 bits per heavy atom. The number of rotatable bonds is 4. The Bertz CT molecular complexity index is 516. The van der Waals surface area contributed by atoms with Gasteiger partial charge in [0.15, 0.2) is 0 Å². The maximum Gasteiger partial charge on any atom is 0.322 e. The van der Waals surface area contributed by atoms with Gasteiger partial charge in [0.1, 0.15) is 0 Å². The molecule has 114 valence electrons. The summed E-state index contributed by atoms with van der Waals surface area (Å²) in [6.07, 6.45) is 8.98. The minimum atomic E-state index is 0.207. The summed E-state index contributed by atoms with van der Waals surface area (Å²) in [6, 6.07) is 0.346. The van der Waals surface area contributed by atoms with Crippen LogP contribution in [-0.2, 0) is 0 Å². The third kappa shape index (κ3) is 3.64. The summed E-state index contributed by atoms with van der Waals surface area (Å²) >= 11 is 6.00. The van der Waals surface area contributed by atoms with E-state index in [9.17, 15) is 0 Å². The van der Waals surface area contributed by atoms with Gasteiger partial charge in [-0.05, 0) is 49.1 Å². The highest BCUT2D eigenvalue weighted by molar-refractivity contribution is 6.28. The van der Waals surface area contributed by atoms with E-state index in [0.717, 1.165) is 25.9 Å². The van der Waals surface area contributed by atoms with Crippen molar-refractivity contribution in [3.63, 3.8) is 0 Å². The largest absolute Gasteiger partial charge is 0.463 e. The van der Waals surface area contributed by atoms with Crippen LogP contribution in [0.1, 0.15) is 32.6 Å². The maximum absolute atomic E-state index is 6.00. The molecule has 5 nitrogen and oxygen atoms in total. The molecule has 0 bridgehead atoms. The standard InChI is InChI=1S/C15H21ClN4O/c1-11-6-2-3-7-12(11)10-21-15-18-13(16)17-14(19-15)20-8-4-5-9-20/h2-3,11-12H,4-10H2,1H3. The molecule has 0 radical (unpaired) electrons. The van der Waals surface area contributed by atoms with Crippen molar-refractivity contribution in [3.05, 3.63) is 17.4 Å². The van der Waals surface area contributed by atoms with E-state index in [1.807, 2.05) is 0 Å². The summed E-state index contributed by atoms with van der Waals surface area (Å²) in [5.41, 5.74) is 0. The van der Waals surface area contributed by atoms with Gasteiger partial charge in [-0.25, -0.2) is 0 Å². The molecule has 2 heterocycles. The molecular weight excluding hydrogens is 288 g/mol. The van der Waals surface area contributed by atoms with Crippen LogP contribution >= 0.6 is 11.6 Å². The number of nitrogens with zero attached hydrogens (tertiary/aromatic N) is 4. The lowest BCUT2D eigenvalue weighted by molar-refractivity contribution is 0.186. The van der Waals surface area contributed by atoms with Crippen LogP contribution in [0.5, 0.6) is 6.01 Å². The van der Waals surface area contributed by atoms with Gasteiger partial charge < -0.3 is 9.64 Å². The van der Waals surface area contributed by atoms with E-state index < -0.39 is 0 Å². The second-order valence-corrected chi connectivity index (χ2v) is 6.21. The molecule has 1 aliphatic carbocycles. The highest BCUT2D eigenvalue weighted by atomic mass is 35.5. The van der Waals surface area contributed by atoms with Crippen molar-refractivity contribution in [1.29, 1.82) is 0 Å². The first-order valence-corrected chi connectivity index (χ1v) is 8.04. The third-order valence-electron chi connectivity index (χ3n) is 4.31. The minimum absolute atomic E-state index is 0.207. The summed E-state index contributed by atoms with van der Waals surface area (Å²) < 4.78 is 5.79. The van der Waals surface area contributed by atoms with Crippen LogP contribution in [0.15, 0.2) is 12.2 Å². The SMILES string of the molecule is CC1CC=CCC1COc1nc(Cl)nc(N2CCCC2)n1. The average Bonchev–Trinajstić information content (AvgIpc) is 3.00. The van der Waals surface area contributed by atoms with E-state index in [4.69, 9.17) is 16.3 Å². The molecular formula is C15H21ClN4O. The highest BCUT2D eigenvalue weighted by Gasteiger charge is 2.21. The third-order valence-corrected chi connectivity index (χ3v) is 4.48. The van der Waals surface area contributed by atoms with Crippen molar-refractivity contribution in [2.24, 2.45) is 11.8 Å². The zero-order valence-corrected chi connectivity index (χ0v) is 13.1. The zero-order valence-electron chi connectivity index (χ0n) is 12.3. The first-order chi connectivity index (χ1) is 10.2. The molecule has 3 rings (SSSR count). The Balaban J connectivity index is 1.66. The summed E-state index contributed by atoms with van der Waals surface area (Å²) in [5, 5.41) is 0.207. The molecule has 0 aromatic carbocycles. The summed E-state index contributed by atoms with van der Waals surface area (Å²) in [6.45, 7) is 4.84. The lowest BCUT2D eigenvalue weighted by Gasteiger charge is -2.24. The number of hydrogen-bond donors (Lipinski definition) is 0. The van der Waals surface area contributed by atoms with E-state index in [1.54, 1.807) is 0 Å². The molecule has 1 aromatic heterocycles. The number of allylic oxidation sites excluding steroid dienone is 2. The van der Waals surface area contributed by atoms with Crippen LogP contribution in [0.2, 0.25) is 5.28 Å². The van der Waals surface area contributed by atoms with Crippen LogP contribution < -0.4 is 9.64 Å². The number of halogens is 1. The summed E-state index contributed by atoms with van der Waals surface area (Å²) in [7, 11) is 0. The van der Waals surface area contributed by atoms with Crippen LogP contribution in [0, 0.1) is 11.8 Å². The molecule has 2 aliphatic rings. The molecule has 1 fully saturated rings. The second-order valence-electron chi connectivity index (χ2n) is 5.87. The fraction of sp³-hybridized carbons (Fsp3) is 0.667. The van der Waals surface area contributed by atoms with Gasteiger partial charge in [-0.1, -0.05) is 19.1 Å². The van der Waals surface area contributed by atoms with Crippen molar-refractivity contribution < 1.29 is 4.74 Å². The average molecular weight is 309 g/mol. The van der Waals surface area contributed by atoms with Gasteiger partial charge in [0.05, 0.1) is 6.61 Å². The normalized spacial score (nSPS) is 25.3. The summed E-state index contributed by atoms with van der Waals surface area (Å²) in [5.74, 6) is 1.78. The molecule has 0 N–H and O–H groups in total. The molecule has 21 heavy (non-hydrogen) atoms. The Hall–Kier alpha value is -1.36. The van der Waals surface area contributed by atoms with Gasteiger partial charge in [0.25, 0.3) is 0 Å². The topological polar surface area (TPSA) is 51.1 Å². The first kappa shape index (κ1) is 14.6. The number of hydrogen-bond acceptors (Lipinski definition) is 5. The molecule has 0 saturated carbocycles. The van der Waals surface area contributed by atoms with Gasteiger partial charge >= 0.3 is 6.01 Å². The molecule has 1 aliphatic heterocycles. The highest BCUT2D eigenvalue weighted by Crippen LogP contribution is 2.26. The van der Waals surface area contributed by atoms with Crippen molar-refractivity contribution in [1.82, 2.24) is 15.0 Å². The van der Waals surface area contributed by atoms with Crippen LogP contribution in [0.4, 0.5) is 5.95 Å². The van der Waals surface area contributed by atoms with Gasteiger partial charge in [0, 0.05) is 13.1 Å². The van der Waals surface area contributed by atoms with Gasteiger partial charge in [-0.2, -0.15) is 15.0 Å². The number of anilines is 1. The van der Waals surface area contributed by atoms with Crippen molar-refractivity contribution in [2.75, 3.05) is 24.6 Å². The first-order valence-electron chi connectivity index (χ1n) is 7.66. The molecule has 1 saturated heterocycles. The van der Waals surface area contributed by atoms with Crippen LogP contribution in [0.25, 0.3) is 0 Å². The van der Waals surface area contributed by atoms with E-state index in [-0.39, 0.29) is 5.28 Å². The monoisotopic (exact) mass is 308 g/mol. The fourth-order valence-corrected chi connectivity index (χ4v) is 3.01. The van der Waals surface area contributed by atoms with Crippen molar-refractivity contribution in [3.8, 4) is 6.01 Å². The molecule has 0 spiro atoms. The van der Waals surface area contributed by atoms with Crippen LogP contribution in [-0.4, -0.2) is 34.6 Å². The second kappa shape index (κ2) is 6.60. The Labute approximate surface area is 130 Å². The lowest BCUT2D eigenvalue weighted by Crippen LogP contribution is -2.23. The quantitative estimate of drug-likeness (QED) is 0.800. The summed E-state index contributed by atoms with van der Waals surface area (Å²) in [4.78, 5) is 14.8. The Kier molecular flexibility index (Phi) is 4.58. The Morgan fingerprint density at radius 2 is 1.95 bits per heavy atom. The van der Waals surface area contributed by atoms with E-state index in [0.29, 0.717) is 30.4 Å². The van der Waals surface area contributed by atoms with Crippen molar-refractivity contribution >= 4 is 17.5 Å². The number of aromatic nitrogens is 3. The van der Waals surface area contributed by atoms with Crippen LogP contribution in [0.3, 0.4) is 0 Å². The predicted octanol–water partition coefficient (Wildman–Crippen LogP) is 3.11. The van der Waals surface area contributed by atoms with Gasteiger partial charge in [0.2, 0.25) is 11.2 Å². The Morgan fingerprint density at radius 3 is 2.71 bits per heavy atom. The maximum atomic E-state index is 6.00. The van der Waals surface area contributed by atoms with E-state index in [2.05, 4.69) is 38.9 Å². The minimum Gasteiger partial charge on any atom is -0.463 e. The molecule has 0 amide bonds. The molecule has 2 unspecified atom stereocenters. The zero-order chi connectivity index (χ0) is 14.7. The molecule has 1 aromatic rings. The molecule has 2 atom stereocenters. The van der Waals surface area contributed by atoms with Gasteiger partial charge in [-0.3, -0.25) is 0 Å². The van der Waals surface area contributed by atoms with E-state index >= 15 is 0 Å². The molecule has 6 heteroatoms. The number of ether oxygens (including phenoxy) is 1. The fourth-order valence-electron chi connectivity index (χ4n) is 2.87.